The Kier molecular flexibility index (Phi) is 3.76. The van der Waals surface area contributed by atoms with Gasteiger partial charge in [0.15, 0.2) is 0 Å². The van der Waals surface area contributed by atoms with Gasteiger partial charge in [-0.25, -0.2) is 4.79 Å². The zero-order valence-electron chi connectivity index (χ0n) is 10.5. The van der Waals surface area contributed by atoms with Crippen molar-refractivity contribution in [3.8, 4) is 0 Å². The van der Waals surface area contributed by atoms with Gasteiger partial charge in [-0.05, 0) is 49.9 Å². The predicted molar refractivity (Wildman–Crippen MR) is 79.7 cm³/mol. The first-order chi connectivity index (χ1) is 9.13. The molecule has 2 aliphatic rings. The minimum absolute atomic E-state index is 0.240. The molecule has 3 rings (SSSR count). The highest BCUT2D eigenvalue weighted by molar-refractivity contribution is 9.10. The molecule has 2 fully saturated rings. The molecule has 0 spiro atoms. The summed E-state index contributed by atoms with van der Waals surface area (Å²) >= 11 is 5.34. The van der Waals surface area contributed by atoms with E-state index in [1.165, 1.54) is 4.90 Å². The molecular formula is C14H16BrNO2S. The summed E-state index contributed by atoms with van der Waals surface area (Å²) in [6.45, 7) is 0. The number of hydrogen-bond donors (Lipinski definition) is 1. The molecule has 2 heterocycles. The summed E-state index contributed by atoms with van der Waals surface area (Å²) in [5.74, 6) is 0. The largest absolute Gasteiger partial charge is 0.465 e. The number of carbonyl (C=O) groups is 1. The van der Waals surface area contributed by atoms with Crippen LogP contribution in [0.5, 0.6) is 0 Å². The number of amides is 1. The molecule has 19 heavy (non-hydrogen) atoms. The van der Waals surface area contributed by atoms with Gasteiger partial charge in [-0.3, -0.25) is 0 Å². The normalized spacial score (nSPS) is 29.5. The molecule has 1 unspecified atom stereocenters. The highest BCUT2D eigenvalue weighted by Gasteiger charge is 2.43. The zero-order valence-corrected chi connectivity index (χ0v) is 12.9. The van der Waals surface area contributed by atoms with Crippen molar-refractivity contribution in [1.82, 2.24) is 4.90 Å². The maximum absolute atomic E-state index is 11.2. The van der Waals surface area contributed by atoms with Crippen molar-refractivity contribution in [3.63, 3.8) is 0 Å². The minimum Gasteiger partial charge on any atom is -0.465 e. The SMILES string of the molecule is O=C(O)N1[C@@H]2CC[C@H]1CC(Sc1ccc(Br)cc1)C2. The lowest BCUT2D eigenvalue weighted by molar-refractivity contribution is 0.104. The Hall–Kier alpha value is -0.680. The number of carboxylic acid groups (broad SMARTS) is 1. The van der Waals surface area contributed by atoms with Crippen LogP contribution in [-0.4, -0.2) is 33.4 Å². The van der Waals surface area contributed by atoms with Crippen LogP contribution in [0.2, 0.25) is 0 Å². The molecule has 1 amide bonds. The lowest BCUT2D eigenvalue weighted by Crippen LogP contribution is -2.46. The lowest BCUT2D eigenvalue weighted by atomic mass is 10.0. The molecule has 102 valence electrons. The van der Waals surface area contributed by atoms with Gasteiger partial charge in [-0.15, -0.1) is 11.8 Å². The number of piperidine rings is 1. The van der Waals surface area contributed by atoms with Gasteiger partial charge in [0.05, 0.1) is 0 Å². The maximum Gasteiger partial charge on any atom is 0.407 e. The second kappa shape index (κ2) is 5.37. The Morgan fingerprint density at radius 1 is 1.21 bits per heavy atom. The summed E-state index contributed by atoms with van der Waals surface area (Å²) in [4.78, 5) is 14.2. The minimum atomic E-state index is -0.736. The van der Waals surface area contributed by atoms with Crippen molar-refractivity contribution >= 4 is 33.8 Å². The van der Waals surface area contributed by atoms with Crippen LogP contribution in [0.25, 0.3) is 0 Å². The molecule has 1 N–H and O–H groups in total. The third kappa shape index (κ3) is 2.77. The second-order valence-corrected chi connectivity index (χ2v) is 7.53. The third-order valence-corrected chi connectivity index (χ3v) is 5.82. The molecule has 2 saturated heterocycles. The topological polar surface area (TPSA) is 40.5 Å². The Morgan fingerprint density at radius 3 is 2.32 bits per heavy atom. The molecule has 0 aliphatic carbocycles. The number of thioether (sulfide) groups is 1. The highest BCUT2D eigenvalue weighted by atomic mass is 79.9. The third-order valence-electron chi connectivity index (χ3n) is 4.03. The van der Waals surface area contributed by atoms with Crippen molar-refractivity contribution < 1.29 is 9.90 Å². The van der Waals surface area contributed by atoms with E-state index in [9.17, 15) is 9.90 Å². The van der Waals surface area contributed by atoms with Crippen LogP contribution in [0.1, 0.15) is 25.7 Å². The van der Waals surface area contributed by atoms with Gasteiger partial charge >= 0.3 is 6.09 Å². The molecule has 0 radical (unpaired) electrons. The Labute approximate surface area is 125 Å². The summed E-state index contributed by atoms with van der Waals surface area (Å²) in [6.07, 6.45) is 3.31. The molecule has 1 aromatic rings. The summed E-state index contributed by atoms with van der Waals surface area (Å²) in [5.41, 5.74) is 0. The molecule has 3 atom stereocenters. The Bertz CT molecular complexity index is 465. The quantitative estimate of drug-likeness (QED) is 0.875. The van der Waals surface area contributed by atoms with Gasteiger partial charge < -0.3 is 10.0 Å². The van der Waals surface area contributed by atoms with E-state index >= 15 is 0 Å². The highest BCUT2D eigenvalue weighted by Crippen LogP contribution is 2.42. The van der Waals surface area contributed by atoms with Gasteiger partial charge in [0.2, 0.25) is 0 Å². The molecular weight excluding hydrogens is 326 g/mol. The van der Waals surface area contributed by atoms with E-state index in [0.29, 0.717) is 5.25 Å². The summed E-state index contributed by atoms with van der Waals surface area (Å²) in [7, 11) is 0. The van der Waals surface area contributed by atoms with Gasteiger partial charge in [-0.2, -0.15) is 0 Å². The number of fused-ring (bicyclic) bond motifs is 2. The van der Waals surface area contributed by atoms with E-state index in [0.717, 1.165) is 30.2 Å². The molecule has 2 bridgehead atoms. The lowest BCUT2D eigenvalue weighted by Gasteiger charge is -2.36. The first-order valence-corrected chi connectivity index (χ1v) is 8.24. The van der Waals surface area contributed by atoms with E-state index in [1.807, 2.05) is 11.8 Å². The molecule has 0 saturated carbocycles. The van der Waals surface area contributed by atoms with E-state index in [-0.39, 0.29) is 12.1 Å². The molecule has 1 aromatic carbocycles. The number of halogens is 1. The summed E-state index contributed by atoms with van der Waals surface area (Å²) in [5, 5.41) is 9.79. The van der Waals surface area contributed by atoms with Crippen LogP contribution in [0.4, 0.5) is 4.79 Å². The fraction of sp³-hybridized carbons (Fsp3) is 0.500. The number of benzene rings is 1. The van der Waals surface area contributed by atoms with Gasteiger partial charge in [-0.1, -0.05) is 15.9 Å². The van der Waals surface area contributed by atoms with Gasteiger partial charge in [0.25, 0.3) is 0 Å². The predicted octanol–water partition coefficient (Wildman–Crippen LogP) is 4.21. The summed E-state index contributed by atoms with van der Waals surface area (Å²) in [6, 6.07) is 8.85. The fourth-order valence-corrected chi connectivity index (χ4v) is 4.82. The van der Waals surface area contributed by atoms with Gasteiger partial charge in [0, 0.05) is 26.7 Å². The van der Waals surface area contributed by atoms with Crippen molar-refractivity contribution in [2.24, 2.45) is 0 Å². The number of nitrogens with zero attached hydrogens (tertiary/aromatic N) is 1. The van der Waals surface area contributed by atoms with Crippen molar-refractivity contribution in [2.45, 2.75) is 47.9 Å². The van der Waals surface area contributed by atoms with Crippen LogP contribution in [-0.2, 0) is 0 Å². The van der Waals surface area contributed by atoms with Gasteiger partial charge in [0.1, 0.15) is 0 Å². The summed E-state index contributed by atoms with van der Waals surface area (Å²) < 4.78 is 1.10. The smallest absolute Gasteiger partial charge is 0.407 e. The first-order valence-electron chi connectivity index (χ1n) is 6.57. The van der Waals surface area contributed by atoms with Crippen LogP contribution < -0.4 is 0 Å². The van der Waals surface area contributed by atoms with Crippen LogP contribution in [0.3, 0.4) is 0 Å². The average molecular weight is 342 g/mol. The monoisotopic (exact) mass is 341 g/mol. The maximum atomic E-state index is 11.2. The van der Waals surface area contributed by atoms with E-state index in [2.05, 4.69) is 40.2 Å². The van der Waals surface area contributed by atoms with Crippen LogP contribution >= 0.6 is 27.7 Å². The van der Waals surface area contributed by atoms with Crippen LogP contribution in [0.15, 0.2) is 33.6 Å². The Balaban J connectivity index is 1.66. The number of hydrogen-bond acceptors (Lipinski definition) is 2. The molecule has 2 aliphatic heterocycles. The van der Waals surface area contributed by atoms with E-state index in [4.69, 9.17) is 0 Å². The standard InChI is InChI=1S/C14H16BrNO2S/c15-9-1-5-12(6-2-9)19-13-7-10-3-4-11(8-13)16(10)14(17)18/h1-2,5-6,10-11,13H,3-4,7-8H2,(H,17,18)/t10-,11+,13?. The second-order valence-electron chi connectivity index (χ2n) is 5.24. The Morgan fingerprint density at radius 2 is 1.79 bits per heavy atom. The number of rotatable bonds is 2. The first kappa shape index (κ1) is 13.3. The van der Waals surface area contributed by atoms with E-state index < -0.39 is 6.09 Å². The molecule has 5 heteroatoms. The molecule has 3 nitrogen and oxygen atoms in total. The average Bonchev–Trinajstić information content (AvgIpc) is 2.65. The van der Waals surface area contributed by atoms with Crippen molar-refractivity contribution in [1.29, 1.82) is 0 Å². The van der Waals surface area contributed by atoms with Crippen molar-refractivity contribution in [3.05, 3.63) is 28.7 Å². The fourth-order valence-electron chi connectivity index (χ4n) is 3.24. The zero-order chi connectivity index (χ0) is 13.4. The van der Waals surface area contributed by atoms with Crippen LogP contribution in [0, 0.1) is 0 Å². The molecule has 0 aromatic heterocycles. The van der Waals surface area contributed by atoms with E-state index in [1.54, 1.807) is 4.90 Å². The van der Waals surface area contributed by atoms with Crippen molar-refractivity contribution in [2.75, 3.05) is 0 Å².